The van der Waals surface area contributed by atoms with Crippen LogP contribution in [0.15, 0.2) is 42.5 Å². The molecular formula is C18H16O3. The minimum absolute atomic E-state index is 0.00596. The van der Waals surface area contributed by atoms with Crippen LogP contribution in [-0.2, 0) is 11.2 Å². The monoisotopic (exact) mass is 280 g/mol. The van der Waals surface area contributed by atoms with Crippen LogP contribution in [0, 0.1) is 5.92 Å². The second-order valence-electron chi connectivity index (χ2n) is 5.34. The first-order valence-corrected chi connectivity index (χ1v) is 6.97. The molecule has 2 aromatic rings. The summed E-state index contributed by atoms with van der Waals surface area (Å²) in [5, 5.41) is 0. The van der Waals surface area contributed by atoms with Crippen molar-refractivity contribution >= 4 is 11.8 Å². The zero-order valence-corrected chi connectivity index (χ0v) is 12.1. The minimum atomic E-state index is -0.361. The van der Waals surface area contributed by atoms with Crippen molar-refractivity contribution in [1.29, 1.82) is 0 Å². The lowest BCUT2D eigenvalue weighted by Crippen LogP contribution is -2.04. The smallest absolute Gasteiger partial charge is 0.338 e. The lowest BCUT2D eigenvalue weighted by atomic mass is 9.93. The van der Waals surface area contributed by atoms with Crippen molar-refractivity contribution in [3.05, 3.63) is 59.2 Å². The number of carbonyl (C=O) groups excluding carboxylic acids is 2. The Morgan fingerprint density at radius 1 is 1.05 bits per heavy atom. The van der Waals surface area contributed by atoms with Crippen molar-refractivity contribution in [2.24, 2.45) is 5.92 Å². The van der Waals surface area contributed by atoms with Gasteiger partial charge in [0.25, 0.3) is 0 Å². The average molecular weight is 280 g/mol. The Morgan fingerprint density at radius 3 is 2.48 bits per heavy atom. The van der Waals surface area contributed by atoms with Gasteiger partial charge in [0.2, 0.25) is 0 Å². The summed E-state index contributed by atoms with van der Waals surface area (Å²) in [5.74, 6) is -0.172. The van der Waals surface area contributed by atoms with Gasteiger partial charge in [0.15, 0.2) is 5.78 Å². The van der Waals surface area contributed by atoms with E-state index in [-0.39, 0.29) is 17.7 Å². The maximum Gasteiger partial charge on any atom is 0.338 e. The van der Waals surface area contributed by atoms with Gasteiger partial charge in [0.1, 0.15) is 0 Å². The molecule has 1 aliphatic rings. The number of benzene rings is 2. The lowest BCUT2D eigenvalue weighted by molar-refractivity contribution is 0.0601. The Kier molecular flexibility index (Phi) is 3.34. The van der Waals surface area contributed by atoms with Crippen LogP contribution in [-0.4, -0.2) is 18.9 Å². The van der Waals surface area contributed by atoms with Gasteiger partial charge >= 0.3 is 5.97 Å². The molecule has 0 saturated carbocycles. The number of carbonyl (C=O) groups is 2. The van der Waals surface area contributed by atoms with Crippen molar-refractivity contribution in [2.75, 3.05) is 7.11 Å². The van der Waals surface area contributed by atoms with Crippen molar-refractivity contribution in [3.63, 3.8) is 0 Å². The van der Waals surface area contributed by atoms with Gasteiger partial charge in [-0.05, 0) is 29.2 Å². The third kappa shape index (κ3) is 2.15. The Labute approximate surface area is 123 Å². The van der Waals surface area contributed by atoms with E-state index in [1.807, 2.05) is 43.3 Å². The number of hydrogen-bond acceptors (Lipinski definition) is 3. The quantitative estimate of drug-likeness (QED) is 0.791. The van der Waals surface area contributed by atoms with Crippen LogP contribution in [0.3, 0.4) is 0 Å². The SMILES string of the molecule is COC(=O)c1ccccc1-c1cccc2c1CC(C)C2=O. The second-order valence-corrected chi connectivity index (χ2v) is 5.34. The van der Waals surface area contributed by atoms with Crippen molar-refractivity contribution in [2.45, 2.75) is 13.3 Å². The minimum Gasteiger partial charge on any atom is -0.465 e. The fourth-order valence-electron chi connectivity index (χ4n) is 2.96. The molecular weight excluding hydrogens is 264 g/mol. The van der Waals surface area contributed by atoms with Crippen LogP contribution in [0.25, 0.3) is 11.1 Å². The predicted octanol–water partition coefficient (Wildman–Crippen LogP) is 3.52. The van der Waals surface area contributed by atoms with E-state index in [2.05, 4.69) is 0 Å². The van der Waals surface area contributed by atoms with Crippen LogP contribution in [0.5, 0.6) is 0 Å². The van der Waals surface area contributed by atoms with E-state index in [9.17, 15) is 9.59 Å². The van der Waals surface area contributed by atoms with Crippen LogP contribution < -0.4 is 0 Å². The number of ketones is 1. The molecule has 0 fully saturated rings. The first-order valence-electron chi connectivity index (χ1n) is 6.97. The van der Waals surface area contributed by atoms with Crippen LogP contribution in [0.4, 0.5) is 0 Å². The summed E-state index contributed by atoms with van der Waals surface area (Å²) in [6.07, 6.45) is 0.722. The highest BCUT2D eigenvalue weighted by Gasteiger charge is 2.29. The number of hydrogen-bond donors (Lipinski definition) is 0. The number of esters is 1. The zero-order valence-electron chi connectivity index (χ0n) is 12.1. The van der Waals surface area contributed by atoms with Gasteiger partial charge in [-0.25, -0.2) is 4.79 Å². The number of fused-ring (bicyclic) bond motifs is 1. The molecule has 1 aliphatic carbocycles. The van der Waals surface area contributed by atoms with Gasteiger partial charge in [-0.3, -0.25) is 4.79 Å². The first-order chi connectivity index (χ1) is 10.1. The third-order valence-electron chi connectivity index (χ3n) is 4.02. The maximum absolute atomic E-state index is 12.2. The van der Waals surface area contributed by atoms with E-state index in [1.54, 1.807) is 6.07 Å². The van der Waals surface area contributed by atoms with E-state index in [0.29, 0.717) is 5.56 Å². The number of methoxy groups -OCH3 is 1. The van der Waals surface area contributed by atoms with E-state index in [1.165, 1.54) is 7.11 Å². The van der Waals surface area contributed by atoms with E-state index in [0.717, 1.165) is 28.7 Å². The molecule has 0 amide bonds. The summed E-state index contributed by atoms with van der Waals surface area (Å²) >= 11 is 0. The van der Waals surface area contributed by atoms with Crippen LogP contribution in [0.2, 0.25) is 0 Å². The van der Waals surface area contributed by atoms with Crippen molar-refractivity contribution in [3.8, 4) is 11.1 Å². The second kappa shape index (κ2) is 5.17. The Bertz CT molecular complexity index is 731. The molecule has 0 aromatic heterocycles. The Hall–Kier alpha value is -2.42. The lowest BCUT2D eigenvalue weighted by Gasteiger charge is -2.11. The third-order valence-corrected chi connectivity index (χ3v) is 4.02. The summed E-state index contributed by atoms with van der Waals surface area (Å²) in [5.41, 5.74) is 4.11. The fraction of sp³-hybridized carbons (Fsp3) is 0.222. The zero-order chi connectivity index (χ0) is 15.0. The summed E-state index contributed by atoms with van der Waals surface area (Å²) in [6, 6.07) is 13.1. The molecule has 0 bridgehead atoms. The summed E-state index contributed by atoms with van der Waals surface area (Å²) in [4.78, 5) is 24.1. The molecule has 3 rings (SSSR count). The first kappa shape index (κ1) is 13.6. The van der Waals surface area contributed by atoms with Crippen LogP contribution >= 0.6 is 0 Å². The molecule has 0 radical (unpaired) electrons. The molecule has 0 N–H and O–H groups in total. The summed E-state index contributed by atoms with van der Waals surface area (Å²) < 4.78 is 4.85. The summed E-state index contributed by atoms with van der Waals surface area (Å²) in [6.45, 7) is 1.94. The van der Waals surface area contributed by atoms with Crippen LogP contribution in [0.1, 0.15) is 33.2 Å². The van der Waals surface area contributed by atoms with E-state index in [4.69, 9.17) is 4.74 Å². The van der Waals surface area contributed by atoms with Gasteiger partial charge in [-0.2, -0.15) is 0 Å². The Morgan fingerprint density at radius 2 is 1.71 bits per heavy atom. The molecule has 0 spiro atoms. The highest BCUT2D eigenvalue weighted by Crippen LogP contribution is 2.36. The molecule has 0 heterocycles. The van der Waals surface area contributed by atoms with Gasteiger partial charge < -0.3 is 4.74 Å². The highest BCUT2D eigenvalue weighted by molar-refractivity contribution is 6.05. The number of ether oxygens (including phenoxy) is 1. The molecule has 2 aromatic carbocycles. The average Bonchev–Trinajstić information content (AvgIpc) is 2.82. The fourth-order valence-corrected chi connectivity index (χ4v) is 2.96. The predicted molar refractivity (Wildman–Crippen MR) is 80.4 cm³/mol. The molecule has 1 atom stereocenters. The van der Waals surface area contributed by atoms with Crippen molar-refractivity contribution < 1.29 is 14.3 Å². The molecule has 0 saturated heterocycles. The molecule has 0 aliphatic heterocycles. The molecule has 21 heavy (non-hydrogen) atoms. The van der Waals surface area contributed by atoms with Gasteiger partial charge in [0, 0.05) is 11.5 Å². The maximum atomic E-state index is 12.2. The topological polar surface area (TPSA) is 43.4 Å². The number of Topliss-reactive ketones (excluding diaryl/α,β-unsaturated/α-hetero) is 1. The molecule has 3 nitrogen and oxygen atoms in total. The standard InChI is InChI=1S/C18H16O3/c1-11-10-16-13(8-5-9-14(16)17(11)19)12-6-3-4-7-15(12)18(20)21-2/h3-9,11H,10H2,1-2H3. The van der Waals surface area contributed by atoms with Crippen molar-refractivity contribution in [1.82, 2.24) is 0 Å². The largest absolute Gasteiger partial charge is 0.465 e. The summed E-state index contributed by atoms with van der Waals surface area (Å²) in [7, 11) is 1.38. The van der Waals surface area contributed by atoms with E-state index >= 15 is 0 Å². The molecule has 3 heteroatoms. The van der Waals surface area contributed by atoms with Gasteiger partial charge in [0.05, 0.1) is 12.7 Å². The van der Waals surface area contributed by atoms with Gasteiger partial charge in [-0.1, -0.05) is 43.3 Å². The Balaban J connectivity index is 2.20. The highest BCUT2D eigenvalue weighted by atomic mass is 16.5. The molecule has 106 valence electrons. The molecule has 1 unspecified atom stereocenters. The number of rotatable bonds is 2. The van der Waals surface area contributed by atoms with Gasteiger partial charge in [-0.15, -0.1) is 0 Å². The van der Waals surface area contributed by atoms with E-state index < -0.39 is 0 Å². The normalized spacial score (nSPS) is 16.7.